The van der Waals surface area contributed by atoms with Crippen LogP contribution in [-0.4, -0.2) is 133 Å². The van der Waals surface area contributed by atoms with Gasteiger partial charge in [-0.1, -0.05) is 78.8 Å². The van der Waals surface area contributed by atoms with E-state index in [9.17, 15) is 72.7 Å². The van der Waals surface area contributed by atoms with Gasteiger partial charge in [-0.3, -0.25) is 47.7 Å². The third kappa shape index (κ3) is 22.4. The molecule has 23 nitrogen and oxygen atoms in total. The molecule has 1 aromatic carbocycles. The highest BCUT2D eigenvalue weighted by atomic mass is 31.2. The highest BCUT2D eigenvalue weighted by molar-refractivity contribution is 7.58. The van der Waals surface area contributed by atoms with Crippen LogP contribution in [0, 0.1) is 23.7 Å². The van der Waals surface area contributed by atoms with Crippen LogP contribution in [0.4, 0.5) is 0 Å². The maximum absolute atomic E-state index is 14.1. The highest BCUT2D eigenvalue weighted by Crippen LogP contribution is 2.49. The molecule has 1 rings (SSSR count). The zero-order chi connectivity index (χ0) is 51.3. The third-order valence-electron chi connectivity index (χ3n) is 10.3. The first-order chi connectivity index (χ1) is 31.0. The summed E-state index contributed by atoms with van der Waals surface area (Å²) in [6, 6.07) is -0.562. The van der Waals surface area contributed by atoms with Gasteiger partial charge < -0.3 is 63.0 Å². The fourth-order valence-electron chi connectivity index (χ4n) is 6.64. The summed E-state index contributed by atoms with van der Waals surface area (Å²) < 4.78 is 14.1. The van der Waals surface area contributed by atoms with Crippen molar-refractivity contribution in [3.63, 3.8) is 0 Å². The number of nitrogens with one attached hydrogen (secondary N) is 6. The van der Waals surface area contributed by atoms with Crippen LogP contribution in [0.25, 0.3) is 0 Å². The van der Waals surface area contributed by atoms with Crippen LogP contribution in [0.3, 0.4) is 0 Å². The minimum Gasteiger partial charge on any atom is -0.481 e. The standard InChI is InChI=1S/C43H68N7O16P/c1-22(2)17-29(46-38(58)27(44)13-15-33(51)52)40(60)47-30(20-35(55)56)41(61)49-32(18-23(3)4)67(65,66)21-25(7)37(57)50-36(24(5)6)42(62)45-28(14-16-34(53)54)39(59)48-31(43(63)64)19-26-11-9-8-10-12-26/h8-12,22-25,27-32,36H,13-21,44H2,1-7H3,(H,45,62)(H,46,58)(H,47,60)(H,48,59)(H,49,61)(H,50,57)(H,51,52)(H,53,54)(H,55,56)(H,63,64)(H,65,66)/t25-,27+,28+,29+,30+,31+,32-,36+/m1/s1. The first-order valence-electron chi connectivity index (χ1n) is 21.9. The lowest BCUT2D eigenvalue weighted by Crippen LogP contribution is -2.58. The van der Waals surface area contributed by atoms with Gasteiger partial charge in [-0.2, -0.15) is 0 Å². The van der Waals surface area contributed by atoms with Crippen LogP contribution in [0.5, 0.6) is 0 Å². The first kappa shape index (κ1) is 59.1. The molecule has 6 amide bonds. The van der Waals surface area contributed by atoms with E-state index in [1.165, 1.54) is 20.8 Å². The first-order valence-corrected chi connectivity index (χ1v) is 23.8. The second-order valence-electron chi connectivity index (χ2n) is 17.7. The van der Waals surface area contributed by atoms with Gasteiger partial charge in [0.1, 0.15) is 36.0 Å². The van der Waals surface area contributed by atoms with Crippen molar-refractivity contribution in [1.82, 2.24) is 31.9 Å². The Morgan fingerprint density at radius 2 is 1.06 bits per heavy atom. The molecule has 13 N–H and O–H groups in total. The Morgan fingerprint density at radius 1 is 0.567 bits per heavy atom. The Labute approximate surface area is 389 Å². The lowest BCUT2D eigenvalue weighted by atomic mass is 10.0. The number of benzene rings is 1. The van der Waals surface area contributed by atoms with Gasteiger partial charge >= 0.3 is 23.9 Å². The Kier molecular flexibility index (Phi) is 25.0. The van der Waals surface area contributed by atoms with Crippen molar-refractivity contribution < 1.29 is 77.8 Å². The van der Waals surface area contributed by atoms with Gasteiger partial charge in [0, 0.05) is 31.3 Å². The van der Waals surface area contributed by atoms with Gasteiger partial charge in [0.15, 0.2) is 0 Å². The number of rotatable bonds is 31. The fourth-order valence-corrected chi connectivity index (χ4v) is 8.92. The molecule has 0 heterocycles. The zero-order valence-corrected chi connectivity index (χ0v) is 39.7. The largest absolute Gasteiger partial charge is 0.481 e. The maximum atomic E-state index is 14.1. The average molecular weight is 970 g/mol. The number of amides is 6. The molecule has 1 aromatic rings. The number of hydrogen-bond donors (Lipinski definition) is 12. The fraction of sp³-hybridized carbons (Fsp3) is 0.628. The zero-order valence-electron chi connectivity index (χ0n) is 38.9. The Hall–Kier alpha value is -5.93. The summed E-state index contributed by atoms with van der Waals surface area (Å²) in [4.78, 5) is 138. The molecule has 0 aliphatic carbocycles. The van der Waals surface area contributed by atoms with Crippen LogP contribution in [0.15, 0.2) is 30.3 Å². The van der Waals surface area contributed by atoms with Gasteiger partial charge in [0.25, 0.3) is 0 Å². The maximum Gasteiger partial charge on any atom is 0.326 e. The number of carbonyl (C=O) groups is 10. The van der Waals surface area contributed by atoms with Crippen LogP contribution in [0.1, 0.15) is 99.0 Å². The quantitative estimate of drug-likeness (QED) is 0.0447. The van der Waals surface area contributed by atoms with E-state index in [0.717, 1.165) is 0 Å². The predicted molar refractivity (Wildman–Crippen MR) is 241 cm³/mol. The molecule has 0 spiro atoms. The van der Waals surface area contributed by atoms with Gasteiger partial charge in [0.05, 0.1) is 12.5 Å². The molecule has 24 heteroatoms. The lowest BCUT2D eigenvalue weighted by Gasteiger charge is -2.30. The second-order valence-corrected chi connectivity index (χ2v) is 20.2. The van der Waals surface area contributed by atoms with E-state index in [1.807, 2.05) is 0 Å². The molecule has 0 aromatic heterocycles. The summed E-state index contributed by atoms with van der Waals surface area (Å²) >= 11 is 0. The number of hydrogen-bond acceptors (Lipinski definition) is 12. The predicted octanol–water partition coefficient (Wildman–Crippen LogP) is 0.366. The van der Waals surface area contributed by atoms with E-state index in [4.69, 9.17) is 10.8 Å². The van der Waals surface area contributed by atoms with E-state index >= 15 is 0 Å². The molecule has 0 saturated heterocycles. The number of nitrogens with two attached hydrogens (primary N) is 1. The van der Waals surface area contributed by atoms with E-state index in [-0.39, 0.29) is 37.5 Å². The van der Waals surface area contributed by atoms with E-state index in [2.05, 4.69) is 31.9 Å². The summed E-state index contributed by atoms with van der Waals surface area (Å²) in [5, 5.41) is 52.0. The van der Waals surface area contributed by atoms with Crippen LogP contribution >= 0.6 is 7.37 Å². The van der Waals surface area contributed by atoms with Crippen molar-refractivity contribution >= 4 is 66.7 Å². The van der Waals surface area contributed by atoms with Crippen molar-refractivity contribution in [2.75, 3.05) is 6.16 Å². The summed E-state index contributed by atoms with van der Waals surface area (Å²) in [5.41, 5.74) is 6.37. The van der Waals surface area contributed by atoms with E-state index < -0.39 is 152 Å². The molecule has 9 atom stereocenters. The van der Waals surface area contributed by atoms with Crippen LogP contribution < -0.4 is 37.6 Å². The molecular formula is C43H68N7O16P. The normalized spacial score (nSPS) is 15.8. The SMILES string of the molecule is CC(C)C[C@H](NC(=O)[C@@H](N)CCC(=O)O)C(=O)N[C@@H](CC(=O)O)C(=O)N[C@@H](CC(C)C)P(=O)(O)C[C@@H](C)C(=O)N[C@H](C(=O)N[C@@H](CCC(=O)O)C(=O)N[C@@H](Cc1ccccc1)C(=O)O)C(C)C. The number of carboxylic acids is 4. The Morgan fingerprint density at radius 3 is 1.57 bits per heavy atom. The van der Waals surface area contributed by atoms with E-state index in [1.54, 1.807) is 58.0 Å². The van der Waals surface area contributed by atoms with Crippen molar-refractivity contribution in [2.24, 2.45) is 29.4 Å². The monoisotopic (exact) mass is 969 g/mol. The van der Waals surface area contributed by atoms with Crippen molar-refractivity contribution in [3.8, 4) is 0 Å². The highest BCUT2D eigenvalue weighted by Gasteiger charge is 2.40. The molecule has 1 unspecified atom stereocenters. The summed E-state index contributed by atoms with van der Waals surface area (Å²) in [7, 11) is -4.63. The number of carboxylic acid groups (broad SMARTS) is 4. The van der Waals surface area contributed by atoms with E-state index in [0.29, 0.717) is 5.56 Å². The van der Waals surface area contributed by atoms with Crippen molar-refractivity contribution in [3.05, 3.63) is 35.9 Å². The summed E-state index contributed by atoms with van der Waals surface area (Å²) in [6.45, 7) is 11.1. The summed E-state index contributed by atoms with van der Waals surface area (Å²) in [5.74, 6) is -15.5. The molecule has 67 heavy (non-hydrogen) atoms. The molecule has 0 fully saturated rings. The average Bonchev–Trinajstić information content (AvgIpc) is 3.21. The van der Waals surface area contributed by atoms with Gasteiger partial charge in [0.2, 0.25) is 42.8 Å². The third-order valence-corrected chi connectivity index (χ3v) is 12.6. The summed E-state index contributed by atoms with van der Waals surface area (Å²) in [6.07, 6.45) is -3.80. The van der Waals surface area contributed by atoms with Crippen molar-refractivity contribution in [2.45, 2.75) is 142 Å². The van der Waals surface area contributed by atoms with Gasteiger partial charge in [-0.25, -0.2) is 4.79 Å². The number of aliphatic carboxylic acids is 4. The molecule has 0 aliphatic rings. The topological polar surface area (TPSA) is 387 Å². The van der Waals surface area contributed by atoms with Crippen molar-refractivity contribution in [1.29, 1.82) is 0 Å². The molecular weight excluding hydrogens is 901 g/mol. The minimum atomic E-state index is -4.63. The molecule has 0 bridgehead atoms. The van der Waals surface area contributed by atoms with Gasteiger partial charge in [-0.15, -0.1) is 0 Å². The smallest absolute Gasteiger partial charge is 0.326 e. The molecule has 0 radical (unpaired) electrons. The Bertz CT molecular complexity index is 1950. The molecule has 0 saturated carbocycles. The van der Waals surface area contributed by atoms with Crippen LogP contribution in [-0.2, 0) is 58.9 Å². The second kappa shape index (κ2) is 28.3. The molecule has 376 valence electrons. The minimum absolute atomic E-state index is 0.00519. The van der Waals surface area contributed by atoms with Crippen LogP contribution in [0.2, 0.25) is 0 Å². The lowest BCUT2D eigenvalue weighted by molar-refractivity contribution is -0.143. The van der Waals surface area contributed by atoms with Gasteiger partial charge in [-0.05, 0) is 49.0 Å². The Balaban J connectivity index is 3.28. The molecule has 0 aliphatic heterocycles. The number of carbonyl (C=O) groups excluding carboxylic acids is 6.